The molecule has 0 spiro atoms. The smallest absolute Gasteiger partial charge is 0.231 e. The molecule has 2 aromatic carbocycles. The van der Waals surface area contributed by atoms with Crippen LogP contribution in [0.1, 0.15) is 55.1 Å². The average molecular weight is 419 g/mol. The fourth-order valence-corrected chi connectivity index (χ4v) is 4.51. The number of benzene rings is 2. The molecule has 0 saturated heterocycles. The Kier molecular flexibility index (Phi) is 6.14. The number of ketones is 1. The predicted molar refractivity (Wildman–Crippen MR) is 121 cm³/mol. The van der Waals surface area contributed by atoms with E-state index in [-0.39, 0.29) is 17.3 Å². The third-order valence-electron chi connectivity index (χ3n) is 5.98. The number of carbonyl (C=O) groups is 1. The lowest BCUT2D eigenvalue weighted by Crippen LogP contribution is -3.10. The van der Waals surface area contributed by atoms with Gasteiger partial charge in [0.25, 0.3) is 0 Å². The van der Waals surface area contributed by atoms with Gasteiger partial charge in [-0.25, -0.2) is 0 Å². The Hall–Kier alpha value is -3.05. The number of para-hydroxylation sites is 1. The third kappa shape index (κ3) is 3.98. The Morgan fingerprint density at radius 3 is 2.52 bits per heavy atom. The van der Waals surface area contributed by atoms with Gasteiger partial charge in [-0.05, 0) is 38.0 Å². The highest BCUT2D eigenvalue weighted by Gasteiger charge is 2.31. The van der Waals surface area contributed by atoms with Crippen LogP contribution in [-0.2, 0) is 13.1 Å². The summed E-state index contributed by atoms with van der Waals surface area (Å²) in [5, 5.41) is 13.8. The van der Waals surface area contributed by atoms with E-state index in [1.54, 1.807) is 6.07 Å². The second kappa shape index (κ2) is 8.98. The van der Waals surface area contributed by atoms with Gasteiger partial charge in [-0.1, -0.05) is 43.9 Å². The minimum atomic E-state index is -0.155. The molecule has 0 saturated carbocycles. The van der Waals surface area contributed by atoms with E-state index in [1.165, 1.54) is 11.0 Å². The molecular formula is C26H30N2O3. The van der Waals surface area contributed by atoms with Crippen molar-refractivity contribution in [3.63, 3.8) is 0 Å². The topological polar surface area (TPSA) is 58.7 Å². The first kappa shape index (κ1) is 21.2. The Balaban J connectivity index is 1.72. The van der Waals surface area contributed by atoms with Crippen molar-refractivity contribution >= 4 is 22.8 Å². The Morgan fingerprint density at radius 2 is 1.81 bits per heavy atom. The number of nitrogens with one attached hydrogen (secondary N) is 1. The molecule has 0 unspecified atom stereocenters. The molecule has 0 bridgehead atoms. The summed E-state index contributed by atoms with van der Waals surface area (Å²) in [5.41, 5.74) is 3.18. The maximum Gasteiger partial charge on any atom is 0.231 e. The molecule has 0 aliphatic carbocycles. The summed E-state index contributed by atoms with van der Waals surface area (Å²) in [6, 6.07) is 11.3. The Labute approximate surface area is 183 Å². The van der Waals surface area contributed by atoms with Gasteiger partial charge in [-0.2, -0.15) is 0 Å². The summed E-state index contributed by atoms with van der Waals surface area (Å²) in [6.07, 6.45) is 5.95. The number of rotatable bonds is 8. The molecule has 0 radical (unpaired) electrons. The van der Waals surface area contributed by atoms with Crippen LogP contribution in [0.25, 0.3) is 17.0 Å². The Bertz CT molecular complexity index is 1140. The summed E-state index contributed by atoms with van der Waals surface area (Å²) >= 11 is 0. The number of allylic oxidation sites excluding steroid dienone is 1. The molecule has 31 heavy (non-hydrogen) atoms. The molecule has 3 aromatic rings. The van der Waals surface area contributed by atoms with Gasteiger partial charge in [-0.3, -0.25) is 4.79 Å². The molecule has 0 fully saturated rings. The largest absolute Gasteiger partial charge is 0.872 e. The molecule has 162 valence electrons. The summed E-state index contributed by atoms with van der Waals surface area (Å²) in [6.45, 7) is 9.80. The van der Waals surface area contributed by atoms with Crippen LogP contribution in [0.3, 0.4) is 0 Å². The van der Waals surface area contributed by atoms with Crippen LogP contribution in [0.15, 0.2) is 48.4 Å². The van der Waals surface area contributed by atoms with Crippen molar-refractivity contribution in [3.05, 3.63) is 65.0 Å². The number of aryl methyl sites for hydroxylation is 1. The van der Waals surface area contributed by atoms with E-state index in [0.717, 1.165) is 48.9 Å². The standard InChI is InChI=1S/C26H30N2O3/c1-4-13-27(14-5-2)17-21-23(29)12-11-20-25(30)24(31-26(20)21)15-18-16-28(6-3)22-10-8-7-9-19(18)22/h7-12,15-16,29H,4-6,13-14,17H2,1-3H3/b24-15-. The molecule has 4 rings (SSSR count). The molecule has 2 heterocycles. The lowest BCUT2D eigenvalue weighted by Gasteiger charge is -2.23. The SMILES string of the molecule is CCC[NH+](CCC)Cc1c([O-])ccc2c1O/C(=C\c1cn(CC)c3ccccc13)C2=O. The molecule has 1 N–H and O–H groups in total. The first-order chi connectivity index (χ1) is 15.1. The Morgan fingerprint density at radius 1 is 1.06 bits per heavy atom. The highest BCUT2D eigenvalue weighted by atomic mass is 16.5. The van der Waals surface area contributed by atoms with Crippen molar-refractivity contribution in [1.82, 2.24) is 4.57 Å². The molecule has 1 aromatic heterocycles. The van der Waals surface area contributed by atoms with Crippen molar-refractivity contribution in [2.75, 3.05) is 13.1 Å². The van der Waals surface area contributed by atoms with Crippen molar-refractivity contribution in [2.24, 2.45) is 0 Å². The van der Waals surface area contributed by atoms with E-state index in [4.69, 9.17) is 4.74 Å². The number of quaternary nitrogens is 1. The summed E-state index contributed by atoms with van der Waals surface area (Å²) < 4.78 is 8.23. The van der Waals surface area contributed by atoms with Crippen LogP contribution < -0.4 is 14.7 Å². The summed E-state index contributed by atoms with van der Waals surface area (Å²) in [7, 11) is 0. The fourth-order valence-electron chi connectivity index (χ4n) is 4.51. The van der Waals surface area contributed by atoms with Gasteiger partial charge in [0.2, 0.25) is 5.78 Å². The number of Topliss-reactive ketones (excluding diaryl/α,β-unsaturated/α-hetero) is 1. The second-order valence-corrected chi connectivity index (χ2v) is 8.17. The van der Waals surface area contributed by atoms with E-state index in [9.17, 15) is 9.90 Å². The highest BCUT2D eigenvalue weighted by Crippen LogP contribution is 2.38. The molecule has 0 atom stereocenters. The van der Waals surface area contributed by atoms with Crippen LogP contribution in [0, 0.1) is 0 Å². The zero-order valence-corrected chi connectivity index (χ0v) is 18.5. The van der Waals surface area contributed by atoms with E-state index in [0.29, 0.717) is 23.4 Å². The van der Waals surface area contributed by atoms with Gasteiger partial charge in [0.15, 0.2) is 5.76 Å². The van der Waals surface area contributed by atoms with E-state index >= 15 is 0 Å². The minimum Gasteiger partial charge on any atom is -0.872 e. The van der Waals surface area contributed by atoms with Crippen LogP contribution in [0.5, 0.6) is 11.5 Å². The molecule has 5 nitrogen and oxygen atoms in total. The third-order valence-corrected chi connectivity index (χ3v) is 5.98. The highest BCUT2D eigenvalue weighted by molar-refractivity contribution is 6.15. The van der Waals surface area contributed by atoms with E-state index < -0.39 is 0 Å². The maximum absolute atomic E-state index is 13.1. The summed E-state index contributed by atoms with van der Waals surface area (Å²) in [5.74, 6) is 0.526. The predicted octanol–water partition coefficient (Wildman–Crippen LogP) is 3.56. The van der Waals surface area contributed by atoms with Crippen molar-refractivity contribution in [2.45, 2.75) is 46.7 Å². The quantitative estimate of drug-likeness (QED) is 0.569. The van der Waals surface area contributed by atoms with E-state index in [1.807, 2.05) is 24.4 Å². The molecule has 1 aliphatic heterocycles. The second-order valence-electron chi connectivity index (χ2n) is 8.17. The zero-order valence-electron chi connectivity index (χ0n) is 18.5. The molecular weight excluding hydrogens is 388 g/mol. The van der Waals surface area contributed by atoms with Gasteiger partial charge in [0.1, 0.15) is 12.3 Å². The maximum atomic E-state index is 13.1. The lowest BCUT2D eigenvalue weighted by atomic mass is 10.0. The van der Waals surface area contributed by atoms with Crippen LogP contribution in [-0.4, -0.2) is 23.4 Å². The summed E-state index contributed by atoms with van der Waals surface area (Å²) in [4.78, 5) is 14.4. The number of hydrogen-bond donors (Lipinski definition) is 1. The number of fused-ring (bicyclic) bond motifs is 2. The van der Waals surface area contributed by atoms with Crippen molar-refractivity contribution in [3.8, 4) is 11.5 Å². The first-order valence-corrected chi connectivity index (χ1v) is 11.3. The molecule has 1 aliphatic rings. The number of nitrogens with zero attached hydrogens (tertiary/aromatic N) is 1. The van der Waals surface area contributed by atoms with Gasteiger partial charge >= 0.3 is 0 Å². The van der Waals surface area contributed by atoms with Gasteiger partial charge in [-0.15, -0.1) is 0 Å². The number of hydrogen-bond acceptors (Lipinski definition) is 3. The van der Waals surface area contributed by atoms with Crippen molar-refractivity contribution < 1.29 is 19.5 Å². The van der Waals surface area contributed by atoms with Crippen LogP contribution in [0.2, 0.25) is 0 Å². The monoisotopic (exact) mass is 418 g/mol. The number of carbonyl (C=O) groups excluding carboxylic acids is 1. The average Bonchev–Trinajstić information content (AvgIpc) is 3.28. The number of aromatic nitrogens is 1. The number of ether oxygens (including phenoxy) is 1. The normalized spacial score (nSPS) is 14.6. The van der Waals surface area contributed by atoms with Gasteiger partial charge in [0, 0.05) is 34.8 Å². The molecule has 5 heteroatoms. The van der Waals surface area contributed by atoms with Crippen LogP contribution >= 0.6 is 0 Å². The van der Waals surface area contributed by atoms with Crippen LogP contribution in [0.4, 0.5) is 0 Å². The van der Waals surface area contributed by atoms with Gasteiger partial charge in [0.05, 0.1) is 18.7 Å². The van der Waals surface area contributed by atoms with E-state index in [2.05, 4.69) is 37.5 Å². The minimum absolute atomic E-state index is 0.0555. The first-order valence-electron chi connectivity index (χ1n) is 11.3. The van der Waals surface area contributed by atoms with Crippen molar-refractivity contribution in [1.29, 1.82) is 0 Å². The molecule has 0 amide bonds. The van der Waals surface area contributed by atoms with Gasteiger partial charge < -0.3 is 19.3 Å². The fraction of sp³-hybridized carbons (Fsp3) is 0.346. The zero-order chi connectivity index (χ0) is 22.0. The lowest BCUT2D eigenvalue weighted by molar-refractivity contribution is -0.914.